The molecule has 0 fully saturated rings. The third kappa shape index (κ3) is 2.98. The Morgan fingerprint density at radius 2 is 2.03 bits per heavy atom. The van der Waals surface area contributed by atoms with Crippen molar-refractivity contribution in [2.24, 2.45) is 7.05 Å². The van der Waals surface area contributed by atoms with Crippen LogP contribution in [-0.4, -0.2) is 31.7 Å². The normalized spacial score (nSPS) is 15.7. The van der Waals surface area contributed by atoms with Crippen LogP contribution in [0.3, 0.4) is 0 Å². The number of fused-ring (bicyclic) bond motifs is 2. The number of halogens is 1. The molecule has 3 aromatic heterocycles. The molecule has 1 aliphatic heterocycles. The topological polar surface area (TPSA) is 64.7 Å². The van der Waals surface area contributed by atoms with Gasteiger partial charge < -0.3 is 9.14 Å². The van der Waals surface area contributed by atoms with Crippen LogP contribution in [-0.2, 0) is 7.05 Å². The molecule has 0 saturated heterocycles. The standard InChI is InChI=1S/C23H22FN5O2/c1-4-11-31-16-5-6-17(18(24)13-16)22-20-14(2)27(3)26-21(20)23(30)29(22)15-7-9-28-10-8-25-19(28)12-15/h5-10,12-13,22H,4,11H2,1-3H3. The number of rotatable bonds is 5. The van der Waals surface area contributed by atoms with Crippen molar-refractivity contribution in [3.05, 3.63) is 77.3 Å². The summed E-state index contributed by atoms with van der Waals surface area (Å²) in [6, 6.07) is 7.85. The van der Waals surface area contributed by atoms with Gasteiger partial charge in [-0.1, -0.05) is 6.92 Å². The summed E-state index contributed by atoms with van der Waals surface area (Å²) in [5, 5.41) is 4.42. The molecule has 5 rings (SSSR count). The Morgan fingerprint density at radius 1 is 1.19 bits per heavy atom. The number of carbonyl (C=O) groups excluding carboxylic acids is 1. The molecular weight excluding hydrogens is 397 g/mol. The first-order valence-corrected chi connectivity index (χ1v) is 10.2. The first-order valence-electron chi connectivity index (χ1n) is 10.2. The Kier molecular flexibility index (Phi) is 4.50. The van der Waals surface area contributed by atoms with E-state index in [4.69, 9.17) is 4.74 Å². The molecule has 0 spiro atoms. The molecule has 158 valence electrons. The number of pyridine rings is 1. The predicted octanol–water partition coefficient (Wildman–Crippen LogP) is 4.05. The average molecular weight is 419 g/mol. The Hall–Kier alpha value is -3.68. The monoisotopic (exact) mass is 419 g/mol. The summed E-state index contributed by atoms with van der Waals surface area (Å²) in [4.78, 5) is 19.3. The van der Waals surface area contributed by atoms with Gasteiger partial charge in [-0.2, -0.15) is 5.10 Å². The van der Waals surface area contributed by atoms with Gasteiger partial charge in [-0.05, 0) is 31.5 Å². The van der Waals surface area contributed by atoms with Crippen LogP contribution in [0.25, 0.3) is 5.65 Å². The number of anilines is 1. The number of hydrogen-bond donors (Lipinski definition) is 0. The van der Waals surface area contributed by atoms with Gasteiger partial charge in [0, 0.05) is 54.6 Å². The molecular formula is C23H22FN5O2. The minimum absolute atomic E-state index is 0.259. The lowest BCUT2D eigenvalue weighted by Crippen LogP contribution is -2.30. The van der Waals surface area contributed by atoms with Crippen LogP contribution < -0.4 is 9.64 Å². The average Bonchev–Trinajstić information content (AvgIpc) is 3.42. The van der Waals surface area contributed by atoms with Crippen LogP contribution in [0, 0.1) is 12.7 Å². The fourth-order valence-electron chi connectivity index (χ4n) is 4.12. The maximum atomic E-state index is 15.3. The highest BCUT2D eigenvalue weighted by molar-refractivity contribution is 6.10. The van der Waals surface area contributed by atoms with Gasteiger partial charge in [0.1, 0.15) is 17.2 Å². The van der Waals surface area contributed by atoms with Crippen molar-refractivity contribution >= 4 is 17.2 Å². The Bertz CT molecular complexity index is 1310. The fraction of sp³-hybridized carbons (Fsp3) is 0.261. The van der Waals surface area contributed by atoms with E-state index in [0.717, 1.165) is 17.7 Å². The number of aromatic nitrogens is 4. The molecule has 1 aliphatic rings. The summed E-state index contributed by atoms with van der Waals surface area (Å²) in [6.07, 6.45) is 6.20. The van der Waals surface area contributed by atoms with Gasteiger partial charge in [0.05, 0.1) is 18.3 Å². The smallest absolute Gasteiger partial charge is 0.280 e. The Balaban J connectivity index is 1.66. The van der Waals surface area contributed by atoms with Gasteiger partial charge in [-0.15, -0.1) is 0 Å². The SMILES string of the molecule is CCCOc1ccc(C2c3c(nn(C)c3C)C(=O)N2c2ccn3ccnc3c2)c(F)c1. The van der Waals surface area contributed by atoms with Crippen molar-refractivity contribution in [1.29, 1.82) is 0 Å². The van der Waals surface area contributed by atoms with Gasteiger partial charge in [-0.25, -0.2) is 9.37 Å². The molecule has 0 bridgehead atoms. The molecule has 0 N–H and O–H groups in total. The number of imidazole rings is 1. The van der Waals surface area contributed by atoms with Crippen LogP contribution in [0.4, 0.5) is 10.1 Å². The summed E-state index contributed by atoms with van der Waals surface area (Å²) in [6.45, 7) is 4.41. The molecule has 4 aromatic rings. The molecule has 8 heteroatoms. The number of hydrogen-bond acceptors (Lipinski definition) is 4. The van der Waals surface area contributed by atoms with Crippen molar-refractivity contribution in [3.63, 3.8) is 0 Å². The summed E-state index contributed by atoms with van der Waals surface area (Å²) in [5.74, 6) is -0.208. The first kappa shape index (κ1) is 19.3. The van der Waals surface area contributed by atoms with Crippen molar-refractivity contribution in [2.45, 2.75) is 26.3 Å². The second-order valence-electron chi connectivity index (χ2n) is 7.66. The maximum absolute atomic E-state index is 15.3. The Morgan fingerprint density at radius 3 is 2.81 bits per heavy atom. The zero-order chi connectivity index (χ0) is 21.7. The maximum Gasteiger partial charge on any atom is 0.280 e. The zero-order valence-electron chi connectivity index (χ0n) is 17.5. The molecule has 1 aromatic carbocycles. The van der Waals surface area contributed by atoms with Gasteiger partial charge in [0.25, 0.3) is 5.91 Å². The summed E-state index contributed by atoms with van der Waals surface area (Å²) in [5.41, 5.74) is 3.63. The minimum atomic E-state index is -0.631. The molecule has 0 aliphatic carbocycles. The van der Waals surface area contributed by atoms with Crippen molar-refractivity contribution < 1.29 is 13.9 Å². The van der Waals surface area contributed by atoms with E-state index in [0.29, 0.717) is 34.9 Å². The molecule has 1 atom stereocenters. The van der Waals surface area contributed by atoms with Crippen LogP contribution in [0.5, 0.6) is 5.75 Å². The summed E-state index contributed by atoms with van der Waals surface area (Å²) < 4.78 is 24.4. The van der Waals surface area contributed by atoms with E-state index in [1.165, 1.54) is 6.07 Å². The van der Waals surface area contributed by atoms with Crippen LogP contribution in [0.2, 0.25) is 0 Å². The molecule has 0 radical (unpaired) electrons. The molecule has 1 amide bonds. The van der Waals surface area contributed by atoms with E-state index < -0.39 is 11.9 Å². The number of nitrogens with zero attached hydrogens (tertiary/aromatic N) is 5. The fourth-order valence-corrected chi connectivity index (χ4v) is 4.12. The number of benzene rings is 1. The highest BCUT2D eigenvalue weighted by Crippen LogP contribution is 2.44. The summed E-state index contributed by atoms with van der Waals surface area (Å²) >= 11 is 0. The van der Waals surface area contributed by atoms with E-state index in [1.54, 1.807) is 35.0 Å². The molecule has 1 unspecified atom stereocenters. The van der Waals surface area contributed by atoms with Gasteiger partial charge in [-0.3, -0.25) is 14.4 Å². The van der Waals surface area contributed by atoms with E-state index in [1.807, 2.05) is 42.8 Å². The van der Waals surface area contributed by atoms with Crippen LogP contribution in [0.15, 0.2) is 48.9 Å². The van der Waals surface area contributed by atoms with Gasteiger partial charge in [0.2, 0.25) is 0 Å². The second kappa shape index (κ2) is 7.23. The van der Waals surface area contributed by atoms with Crippen molar-refractivity contribution in [1.82, 2.24) is 19.2 Å². The number of ether oxygens (including phenoxy) is 1. The van der Waals surface area contributed by atoms with E-state index in [2.05, 4.69) is 10.1 Å². The number of aryl methyl sites for hydroxylation is 1. The molecule has 0 saturated carbocycles. The van der Waals surface area contributed by atoms with E-state index in [-0.39, 0.29) is 5.91 Å². The van der Waals surface area contributed by atoms with Crippen molar-refractivity contribution in [3.8, 4) is 5.75 Å². The lowest BCUT2D eigenvalue weighted by molar-refractivity contribution is 0.0988. The predicted molar refractivity (Wildman–Crippen MR) is 114 cm³/mol. The largest absolute Gasteiger partial charge is 0.494 e. The third-order valence-corrected chi connectivity index (χ3v) is 5.73. The third-order valence-electron chi connectivity index (χ3n) is 5.73. The summed E-state index contributed by atoms with van der Waals surface area (Å²) in [7, 11) is 1.79. The van der Waals surface area contributed by atoms with E-state index >= 15 is 4.39 Å². The van der Waals surface area contributed by atoms with E-state index in [9.17, 15) is 4.79 Å². The number of amides is 1. The number of carbonyl (C=O) groups is 1. The van der Waals surface area contributed by atoms with Gasteiger partial charge in [0.15, 0.2) is 5.69 Å². The Labute approximate surface area is 178 Å². The highest BCUT2D eigenvalue weighted by atomic mass is 19.1. The molecule has 31 heavy (non-hydrogen) atoms. The van der Waals surface area contributed by atoms with Crippen molar-refractivity contribution in [2.75, 3.05) is 11.5 Å². The quantitative estimate of drug-likeness (QED) is 0.490. The zero-order valence-corrected chi connectivity index (χ0v) is 17.5. The lowest BCUT2D eigenvalue weighted by Gasteiger charge is -2.27. The van der Waals surface area contributed by atoms with Crippen LogP contribution >= 0.6 is 0 Å². The minimum Gasteiger partial charge on any atom is -0.494 e. The van der Waals surface area contributed by atoms with Crippen LogP contribution in [0.1, 0.15) is 46.7 Å². The lowest BCUT2D eigenvalue weighted by atomic mass is 9.98. The molecule has 4 heterocycles. The second-order valence-corrected chi connectivity index (χ2v) is 7.66. The van der Waals surface area contributed by atoms with Gasteiger partial charge >= 0.3 is 0 Å². The first-order chi connectivity index (χ1) is 15.0. The highest BCUT2D eigenvalue weighted by Gasteiger charge is 2.44. The molecule has 7 nitrogen and oxygen atoms in total.